The molecule has 0 spiro atoms. The summed E-state index contributed by atoms with van der Waals surface area (Å²) in [6, 6.07) is 3.74. The van der Waals surface area contributed by atoms with Crippen LogP contribution < -0.4 is 19.8 Å². The van der Waals surface area contributed by atoms with Gasteiger partial charge in [0.15, 0.2) is 17.0 Å². The number of aryl methyl sites for hydroxylation is 1. The van der Waals surface area contributed by atoms with Gasteiger partial charge in [0.1, 0.15) is 5.41 Å². The van der Waals surface area contributed by atoms with E-state index in [9.17, 15) is 18.0 Å². The summed E-state index contributed by atoms with van der Waals surface area (Å²) in [5.74, 6) is 1.22. The van der Waals surface area contributed by atoms with Crippen LogP contribution in [-0.2, 0) is 11.3 Å². The SMILES string of the molecule is Nc1nc[n+](CCC2CCN(C(=O)C3(C(F)(F)F)CC3)CC2)c2nc(Sc3cc4c(cc3Br)OCO4)[nH]c12. The van der Waals surface area contributed by atoms with Gasteiger partial charge >= 0.3 is 6.18 Å². The zero-order valence-corrected chi connectivity index (χ0v) is 22.6. The highest BCUT2D eigenvalue weighted by atomic mass is 79.9. The molecule has 2 aliphatic heterocycles. The minimum absolute atomic E-state index is 0.0956. The van der Waals surface area contributed by atoms with Crippen molar-refractivity contribution in [1.29, 1.82) is 0 Å². The minimum Gasteiger partial charge on any atom is -0.454 e. The zero-order chi connectivity index (χ0) is 26.7. The third-order valence-corrected chi connectivity index (χ3v) is 9.41. The first kappa shape index (κ1) is 25.5. The first-order chi connectivity index (χ1) is 18.1. The number of nitrogen functional groups attached to an aromatic ring is 1. The highest BCUT2D eigenvalue weighted by molar-refractivity contribution is 9.10. The van der Waals surface area contributed by atoms with Gasteiger partial charge in [-0.1, -0.05) is 9.97 Å². The lowest BCUT2D eigenvalue weighted by Gasteiger charge is -2.34. The Kier molecular flexibility index (Phi) is 6.36. The average Bonchev–Trinajstić information content (AvgIpc) is 3.42. The fraction of sp³-hybridized carbons (Fsp3) is 0.500. The Morgan fingerprint density at radius 1 is 1.26 bits per heavy atom. The molecule has 38 heavy (non-hydrogen) atoms. The standard InChI is InChI=1S/C24H24BrF3N6O3S/c25-14-9-15-16(37-12-36-15)10-17(14)38-22-31-18-19(29)30-11-34(20(18)32-22)8-3-13-1-6-33(7-2-13)21(35)23(4-5-23)24(26,27)28/h9-11,13H,1-8,12H2,(H2,29,31,32)/p+1. The molecule has 6 rings (SSSR count). The highest BCUT2D eigenvalue weighted by Crippen LogP contribution is 2.58. The number of aromatic nitrogens is 4. The molecule has 2 aromatic heterocycles. The van der Waals surface area contributed by atoms with Gasteiger partial charge in [-0.2, -0.15) is 13.2 Å². The monoisotopic (exact) mass is 613 g/mol. The number of piperidine rings is 1. The first-order valence-electron chi connectivity index (χ1n) is 12.3. The Hall–Kier alpha value is -2.74. The van der Waals surface area contributed by atoms with Crippen molar-refractivity contribution in [2.24, 2.45) is 11.3 Å². The molecule has 1 amide bonds. The summed E-state index contributed by atoms with van der Waals surface area (Å²) in [4.78, 5) is 27.2. The third-order valence-electron chi connectivity index (χ3n) is 7.54. The normalized spacial score (nSPS) is 18.8. The quantitative estimate of drug-likeness (QED) is 0.395. The highest BCUT2D eigenvalue weighted by Gasteiger charge is 2.69. The van der Waals surface area contributed by atoms with E-state index in [1.54, 1.807) is 6.33 Å². The predicted molar refractivity (Wildman–Crippen MR) is 135 cm³/mol. The fourth-order valence-corrected chi connectivity index (χ4v) is 6.45. The Labute approximate surface area is 228 Å². The molecule has 0 bridgehead atoms. The number of likely N-dealkylation sites (tertiary alicyclic amines) is 1. The van der Waals surface area contributed by atoms with Crippen LogP contribution in [0, 0.1) is 11.3 Å². The third kappa shape index (κ3) is 4.55. The fourth-order valence-electron chi connectivity index (χ4n) is 5.07. The van der Waals surface area contributed by atoms with Crippen molar-refractivity contribution in [2.45, 2.75) is 54.9 Å². The number of carbonyl (C=O) groups is 1. The largest absolute Gasteiger partial charge is 0.454 e. The van der Waals surface area contributed by atoms with Gasteiger partial charge in [-0.3, -0.25) is 4.79 Å². The predicted octanol–water partition coefficient (Wildman–Crippen LogP) is 4.44. The number of nitrogens with zero attached hydrogens (tertiary/aromatic N) is 4. The molecule has 3 aliphatic rings. The van der Waals surface area contributed by atoms with Crippen molar-refractivity contribution in [3.05, 3.63) is 22.9 Å². The Balaban J connectivity index is 1.11. The molecule has 9 nitrogen and oxygen atoms in total. The number of anilines is 1. The molecular formula is C24H25BrF3N6O3S+. The summed E-state index contributed by atoms with van der Waals surface area (Å²) < 4.78 is 53.7. The van der Waals surface area contributed by atoms with Crippen LogP contribution in [0.3, 0.4) is 0 Å². The maximum atomic E-state index is 13.4. The van der Waals surface area contributed by atoms with E-state index in [1.807, 2.05) is 16.7 Å². The van der Waals surface area contributed by atoms with Crippen LogP contribution >= 0.6 is 27.7 Å². The van der Waals surface area contributed by atoms with E-state index in [-0.39, 0.29) is 25.6 Å². The number of fused-ring (bicyclic) bond motifs is 2. The van der Waals surface area contributed by atoms with Gasteiger partial charge in [-0.15, -0.1) is 0 Å². The van der Waals surface area contributed by atoms with Crippen LogP contribution in [0.25, 0.3) is 11.2 Å². The van der Waals surface area contributed by atoms with E-state index in [0.717, 1.165) is 15.8 Å². The zero-order valence-electron chi connectivity index (χ0n) is 20.2. The van der Waals surface area contributed by atoms with Gasteiger partial charge < -0.3 is 25.1 Å². The molecule has 3 N–H and O–H groups in total. The van der Waals surface area contributed by atoms with Gasteiger partial charge in [0, 0.05) is 22.5 Å². The number of amides is 1. The van der Waals surface area contributed by atoms with Crippen LogP contribution in [0.5, 0.6) is 11.5 Å². The Morgan fingerprint density at radius 2 is 1.97 bits per heavy atom. The molecular weight excluding hydrogens is 589 g/mol. The van der Waals surface area contributed by atoms with Crippen LogP contribution in [0.2, 0.25) is 0 Å². The lowest BCUT2D eigenvalue weighted by Crippen LogP contribution is -2.47. The minimum atomic E-state index is -4.47. The van der Waals surface area contributed by atoms with Gasteiger partial charge in [0.05, 0.1) is 6.54 Å². The molecule has 3 aromatic rings. The van der Waals surface area contributed by atoms with E-state index in [2.05, 4.69) is 25.9 Å². The molecule has 4 heterocycles. The van der Waals surface area contributed by atoms with E-state index in [4.69, 9.17) is 20.2 Å². The van der Waals surface area contributed by atoms with Crippen LogP contribution in [0.1, 0.15) is 32.1 Å². The molecule has 14 heteroatoms. The molecule has 1 saturated heterocycles. The average molecular weight is 614 g/mol. The molecule has 1 aromatic carbocycles. The van der Waals surface area contributed by atoms with E-state index in [1.165, 1.54) is 16.7 Å². The number of carbonyl (C=O) groups excluding carboxylic acids is 1. The van der Waals surface area contributed by atoms with Crippen LogP contribution in [0.4, 0.5) is 19.0 Å². The van der Waals surface area contributed by atoms with Crippen LogP contribution in [-0.4, -0.2) is 51.8 Å². The number of alkyl halides is 3. The number of halogens is 4. The maximum absolute atomic E-state index is 13.4. The lowest BCUT2D eigenvalue weighted by molar-refractivity contribution is -0.677. The number of imidazole rings is 1. The number of hydrogen-bond donors (Lipinski definition) is 2. The van der Waals surface area contributed by atoms with Gasteiger partial charge in [-0.05, 0) is 77.8 Å². The molecule has 202 valence electrons. The van der Waals surface area contributed by atoms with Crippen molar-refractivity contribution >= 4 is 50.6 Å². The summed E-state index contributed by atoms with van der Waals surface area (Å²) in [5, 5.41) is 0.638. The summed E-state index contributed by atoms with van der Waals surface area (Å²) >= 11 is 4.98. The van der Waals surface area contributed by atoms with E-state index < -0.39 is 17.5 Å². The van der Waals surface area contributed by atoms with Crippen molar-refractivity contribution in [1.82, 2.24) is 19.9 Å². The number of nitrogens with one attached hydrogen (secondary N) is 1. The van der Waals surface area contributed by atoms with E-state index >= 15 is 0 Å². The maximum Gasteiger partial charge on any atom is 0.403 e. The number of nitrogens with two attached hydrogens (primary N) is 1. The molecule has 0 atom stereocenters. The Bertz CT molecular complexity index is 1410. The number of rotatable bonds is 6. The Morgan fingerprint density at radius 3 is 2.66 bits per heavy atom. The molecule has 1 saturated carbocycles. The molecule has 1 aliphatic carbocycles. The second kappa shape index (κ2) is 9.47. The molecule has 0 unspecified atom stereocenters. The summed E-state index contributed by atoms with van der Waals surface area (Å²) in [5.41, 5.74) is 5.29. The number of hydrogen-bond acceptors (Lipinski definition) is 7. The number of benzene rings is 1. The number of H-pyrrole nitrogens is 1. The van der Waals surface area contributed by atoms with Gasteiger partial charge in [0.25, 0.3) is 5.65 Å². The van der Waals surface area contributed by atoms with Crippen molar-refractivity contribution < 1.29 is 32.0 Å². The summed E-state index contributed by atoms with van der Waals surface area (Å²) in [7, 11) is 0. The van der Waals surface area contributed by atoms with Crippen molar-refractivity contribution in [3.8, 4) is 11.5 Å². The first-order valence-corrected chi connectivity index (χ1v) is 13.9. The van der Waals surface area contributed by atoms with Crippen molar-refractivity contribution in [3.63, 3.8) is 0 Å². The van der Waals surface area contributed by atoms with Gasteiger partial charge in [0.2, 0.25) is 30.0 Å². The van der Waals surface area contributed by atoms with Crippen LogP contribution in [0.15, 0.2) is 33.0 Å². The summed E-state index contributed by atoms with van der Waals surface area (Å²) in [6.45, 7) is 1.52. The summed E-state index contributed by atoms with van der Waals surface area (Å²) in [6.07, 6.45) is -0.867. The molecule has 2 fully saturated rings. The topological polar surface area (TPSA) is 110 Å². The van der Waals surface area contributed by atoms with Gasteiger partial charge in [-0.25, -0.2) is 4.57 Å². The van der Waals surface area contributed by atoms with Crippen molar-refractivity contribution in [2.75, 3.05) is 25.6 Å². The smallest absolute Gasteiger partial charge is 0.403 e. The van der Waals surface area contributed by atoms with E-state index in [0.29, 0.717) is 66.1 Å². The number of aromatic amines is 1. The lowest BCUT2D eigenvalue weighted by atomic mass is 9.92. The second-order valence-electron chi connectivity index (χ2n) is 9.91. The number of ether oxygens (including phenoxy) is 2. The second-order valence-corrected chi connectivity index (χ2v) is 11.8. The molecule has 0 radical (unpaired) electrons.